The van der Waals surface area contributed by atoms with E-state index in [2.05, 4.69) is 5.32 Å². The number of nitrogens with one attached hydrogen (secondary N) is 1. The zero-order valence-corrected chi connectivity index (χ0v) is 12.7. The molecule has 1 amide bonds. The second-order valence-corrected chi connectivity index (χ2v) is 5.05. The Bertz CT molecular complexity index is 752. The quantitative estimate of drug-likeness (QED) is 0.862. The van der Waals surface area contributed by atoms with Crippen LogP contribution in [0.25, 0.3) is 0 Å². The number of halogens is 3. The zero-order chi connectivity index (χ0) is 17.0. The van der Waals surface area contributed by atoms with E-state index in [-0.39, 0.29) is 16.3 Å². The van der Waals surface area contributed by atoms with Gasteiger partial charge in [0.2, 0.25) is 0 Å². The highest BCUT2D eigenvalue weighted by molar-refractivity contribution is 6.33. The average molecular weight is 340 g/mol. The molecule has 0 aromatic heterocycles. The number of carbonyl (C=O) groups is 2. The second kappa shape index (κ2) is 7.19. The standard InChI is InChI=1S/C16H12ClF2NO3/c1-9(23-16(22)11-4-2-3-5-12(11)17)15(21)20-14-8-10(18)6-7-13(14)19/h2-9H,1H3,(H,20,21). The zero-order valence-electron chi connectivity index (χ0n) is 12.0. The molecule has 0 saturated carbocycles. The lowest BCUT2D eigenvalue weighted by atomic mass is 10.2. The minimum absolute atomic E-state index is 0.103. The molecule has 2 aromatic rings. The molecule has 23 heavy (non-hydrogen) atoms. The Morgan fingerprint density at radius 1 is 1.17 bits per heavy atom. The predicted molar refractivity (Wildman–Crippen MR) is 81.3 cm³/mol. The van der Waals surface area contributed by atoms with Crippen LogP contribution in [-0.2, 0) is 9.53 Å². The molecule has 0 fully saturated rings. The maximum atomic E-state index is 13.5. The van der Waals surface area contributed by atoms with E-state index in [0.717, 1.165) is 18.2 Å². The molecule has 7 heteroatoms. The first-order valence-electron chi connectivity index (χ1n) is 6.60. The topological polar surface area (TPSA) is 55.4 Å². The van der Waals surface area contributed by atoms with Gasteiger partial charge < -0.3 is 10.1 Å². The van der Waals surface area contributed by atoms with Crippen molar-refractivity contribution in [3.05, 3.63) is 64.7 Å². The Balaban J connectivity index is 2.04. The molecule has 0 bridgehead atoms. The van der Waals surface area contributed by atoms with Crippen LogP contribution < -0.4 is 5.32 Å². The van der Waals surface area contributed by atoms with E-state index in [0.29, 0.717) is 0 Å². The van der Waals surface area contributed by atoms with Gasteiger partial charge in [-0.05, 0) is 31.2 Å². The monoisotopic (exact) mass is 339 g/mol. The highest BCUT2D eigenvalue weighted by atomic mass is 35.5. The van der Waals surface area contributed by atoms with Crippen LogP contribution in [0.5, 0.6) is 0 Å². The molecule has 1 unspecified atom stereocenters. The number of rotatable bonds is 4. The molecule has 120 valence electrons. The summed E-state index contributed by atoms with van der Waals surface area (Å²) >= 11 is 5.86. The van der Waals surface area contributed by atoms with E-state index in [1.54, 1.807) is 12.1 Å². The smallest absolute Gasteiger partial charge is 0.340 e. The van der Waals surface area contributed by atoms with Gasteiger partial charge in [-0.2, -0.15) is 0 Å². The van der Waals surface area contributed by atoms with Crippen molar-refractivity contribution in [1.82, 2.24) is 0 Å². The predicted octanol–water partition coefficient (Wildman–Crippen LogP) is 3.80. The summed E-state index contributed by atoms with van der Waals surface area (Å²) in [5.41, 5.74) is -0.235. The summed E-state index contributed by atoms with van der Waals surface area (Å²) < 4.78 is 31.5. The number of anilines is 1. The summed E-state index contributed by atoms with van der Waals surface area (Å²) in [7, 11) is 0. The molecule has 0 aliphatic carbocycles. The number of ether oxygens (including phenoxy) is 1. The summed E-state index contributed by atoms with van der Waals surface area (Å²) in [4.78, 5) is 23.9. The molecule has 2 rings (SSSR count). The van der Waals surface area contributed by atoms with Crippen molar-refractivity contribution in [2.45, 2.75) is 13.0 Å². The maximum absolute atomic E-state index is 13.5. The third kappa shape index (κ3) is 4.26. The molecular formula is C16H12ClF2NO3. The van der Waals surface area contributed by atoms with Crippen LogP contribution in [0.2, 0.25) is 5.02 Å². The largest absolute Gasteiger partial charge is 0.449 e. The summed E-state index contributed by atoms with van der Waals surface area (Å²) in [6, 6.07) is 8.82. The normalized spacial score (nSPS) is 11.7. The third-order valence-electron chi connectivity index (χ3n) is 2.93. The van der Waals surface area contributed by atoms with E-state index in [9.17, 15) is 18.4 Å². The van der Waals surface area contributed by atoms with Crippen molar-refractivity contribution in [3.8, 4) is 0 Å². The Hall–Kier alpha value is -2.47. The third-order valence-corrected chi connectivity index (χ3v) is 3.26. The van der Waals surface area contributed by atoms with Crippen molar-refractivity contribution in [2.75, 3.05) is 5.32 Å². The van der Waals surface area contributed by atoms with Gasteiger partial charge in [0.05, 0.1) is 16.3 Å². The molecule has 0 saturated heterocycles. The summed E-state index contributed by atoms with van der Waals surface area (Å²) in [5.74, 6) is -3.10. The lowest BCUT2D eigenvalue weighted by Gasteiger charge is -2.14. The van der Waals surface area contributed by atoms with Gasteiger partial charge in [0.1, 0.15) is 11.6 Å². The van der Waals surface area contributed by atoms with Crippen LogP contribution in [0, 0.1) is 11.6 Å². The highest BCUT2D eigenvalue weighted by Gasteiger charge is 2.21. The Labute approximate surface area is 136 Å². The van der Waals surface area contributed by atoms with Gasteiger partial charge in [-0.25, -0.2) is 13.6 Å². The first-order valence-corrected chi connectivity index (χ1v) is 6.97. The summed E-state index contributed by atoms with van der Waals surface area (Å²) in [5, 5.41) is 2.34. The first kappa shape index (κ1) is 16.9. The SMILES string of the molecule is CC(OC(=O)c1ccccc1Cl)C(=O)Nc1cc(F)ccc1F. The minimum atomic E-state index is -1.22. The van der Waals surface area contributed by atoms with E-state index in [1.165, 1.54) is 19.1 Å². The van der Waals surface area contributed by atoms with Crippen LogP contribution >= 0.6 is 11.6 Å². The lowest BCUT2D eigenvalue weighted by Crippen LogP contribution is -2.30. The number of benzene rings is 2. The number of carbonyl (C=O) groups excluding carboxylic acids is 2. The molecule has 1 N–H and O–H groups in total. The molecule has 0 aliphatic rings. The Kier molecular flexibility index (Phi) is 5.28. The van der Waals surface area contributed by atoms with Crippen molar-refractivity contribution in [3.63, 3.8) is 0 Å². The fourth-order valence-corrected chi connectivity index (χ4v) is 1.94. The van der Waals surface area contributed by atoms with Crippen LogP contribution in [0.3, 0.4) is 0 Å². The van der Waals surface area contributed by atoms with Crippen molar-refractivity contribution < 1.29 is 23.1 Å². The molecule has 0 spiro atoms. The summed E-state index contributed by atoms with van der Waals surface area (Å²) in [6.07, 6.45) is -1.22. The Morgan fingerprint density at radius 3 is 2.57 bits per heavy atom. The number of amides is 1. The summed E-state index contributed by atoms with van der Waals surface area (Å²) in [6.45, 7) is 1.31. The highest BCUT2D eigenvalue weighted by Crippen LogP contribution is 2.18. The van der Waals surface area contributed by atoms with E-state index in [4.69, 9.17) is 16.3 Å². The molecule has 4 nitrogen and oxygen atoms in total. The van der Waals surface area contributed by atoms with Crippen molar-refractivity contribution in [1.29, 1.82) is 0 Å². The number of hydrogen-bond acceptors (Lipinski definition) is 3. The molecule has 0 radical (unpaired) electrons. The fourth-order valence-electron chi connectivity index (χ4n) is 1.73. The molecular weight excluding hydrogens is 328 g/mol. The van der Waals surface area contributed by atoms with Crippen molar-refractivity contribution in [2.24, 2.45) is 0 Å². The van der Waals surface area contributed by atoms with Gasteiger partial charge in [-0.15, -0.1) is 0 Å². The van der Waals surface area contributed by atoms with E-state index >= 15 is 0 Å². The van der Waals surface area contributed by atoms with Gasteiger partial charge in [-0.1, -0.05) is 23.7 Å². The van der Waals surface area contributed by atoms with Gasteiger partial charge >= 0.3 is 5.97 Å². The lowest BCUT2D eigenvalue weighted by molar-refractivity contribution is -0.123. The Morgan fingerprint density at radius 2 is 1.87 bits per heavy atom. The van der Waals surface area contributed by atoms with Gasteiger partial charge in [-0.3, -0.25) is 4.79 Å². The second-order valence-electron chi connectivity index (χ2n) is 4.64. The molecule has 1 atom stereocenters. The van der Waals surface area contributed by atoms with E-state index in [1.807, 2.05) is 0 Å². The van der Waals surface area contributed by atoms with Crippen LogP contribution in [0.15, 0.2) is 42.5 Å². The van der Waals surface area contributed by atoms with Gasteiger partial charge in [0, 0.05) is 6.07 Å². The van der Waals surface area contributed by atoms with Crippen molar-refractivity contribution >= 4 is 29.2 Å². The number of hydrogen-bond donors (Lipinski definition) is 1. The minimum Gasteiger partial charge on any atom is -0.449 e. The average Bonchev–Trinajstić information content (AvgIpc) is 2.51. The molecule has 0 heterocycles. The molecule has 2 aromatic carbocycles. The van der Waals surface area contributed by atoms with Gasteiger partial charge in [0.25, 0.3) is 5.91 Å². The van der Waals surface area contributed by atoms with Crippen LogP contribution in [-0.4, -0.2) is 18.0 Å². The molecule has 0 aliphatic heterocycles. The van der Waals surface area contributed by atoms with E-state index < -0.39 is 29.6 Å². The van der Waals surface area contributed by atoms with Crippen LogP contribution in [0.1, 0.15) is 17.3 Å². The van der Waals surface area contributed by atoms with Crippen LogP contribution in [0.4, 0.5) is 14.5 Å². The number of esters is 1. The van der Waals surface area contributed by atoms with Gasteiger partial charge in [0.15, 0.2) is 6.10 Å². The fraction of sp³-hybridized carbons (Fsp3) is 0.125. The first-order chi connectivity index (χ1) is 10.9. The maximum Gasteiger partial charge on any atom is 0.340 e.